The summed E-state index contributed by atoms with van der Waals surface area (Å²) < 4.78 is 0. The van der Waals surface area contributed by atoms with Crippen LogP contribution in [-0.2, 0) is 6.42 Å². The van der Waals surface area contributed by atoms with Gasteiger partial charge in [0.15, 0.2) is 0 Å². The molecule has 0 heterocycles. The van der Waals surface area contributed by atoms with E-state index in [1.54, 1.807) is 0 Å². The largest absolute Gasteiger partial charge is 0.146 e. The molecule has 0 N–H and O–H groups in total. The molecule has 0 nitrogen and oxygen atoms in total. The molecule has 0 aliphatic heterocycles. The van der Waals surface area contributed by atoms with Crippen LogP contribution in [0.25, 0.3) is 0 Å². The molecule has 1 atom stereocenters. The second-order valence-electron chi connectivity index (χ2n) is 7.16. The molecule has 1 unspecified atom stereocenters. The first-order chi connectivity index (χ1) is 10.3. The van der Waals surface area contributed by atoms with Gasteiger partial charge in [-0.05, 0) is 35.0 Å². The molecule has 0 fully saturated rings. The molecule has 22 heavy (non-hydrogen) atoms. The quantitative estimate of drug-likeness (QED) is 0.318. The number of benzene rings is 1. The maximum Gasteiger partial charge on any atom is 0.146 e. The van der Waals surface area contributed by atoms with E-state index in [2.05, 4.69) is 83.3 Å². The van der Waals surface area contributed by atoms with Gasteiger partial charge in [-0.25, -0.2) is 0 Å². The van der Waals surface area contributed by atoms with E-state index in [9.17, 15) is 0 Å². The Hall–Kier alpha value is -0.713. The van der Waals surface area contributed by atoms with E-state index in [0.29, 0.717) is 16.6 Å². The predicted molar refractivity (Wildman–Crippen MR) is 103 cm³/mol. The first-order valence-electron chi connectivity index (χ1n) is 8.51. The van der Waals surface area contributed by atoms with Crippen molar-refractivity contribution in [2.45, 2.75) is 76.4 Å². The van der Waals surface area contributed by atoms with Crippen LogP contribution < -0.4 is 0 Å². The van der Waals surface area contributed by atoms with Crippen LogP contribution in [0.5, 0.6) is 0 Å². The van der Waals surface area contributed by atoms with Gasteiger partial charge < -0.3 is 0 Å². The summed E-state index contributed by atoms with van der Waals surface area (Å²) in [7, 11) is -1.64. The maximum atomic E-state index is 6.50. The molecule has 0 amide bonds. The zero-order valence-corrected chi connectivity index (χ0v) is 16.7. The van der Waals surface area contributed by atoms with Gasteiger partial charge in [0, 0.05) is 0 Å². The Bertz CT molecular complexity index is 472. The molecule has 0 saturated heterocycles. The average molecular weight is 335 g/mol. The first-order valence-corrected chi connectivity index (χ1v) is 11.2. The van der Waals surface area contributed by atoms with Crippen molar-refractivity contribution < 1.29 is 0 Å². The van der Waals surface area contributed by atoms with E-state index in [-0.39, 0.29) is 5.38 Å². The molecule has 2 heteroatoms. The minimum Gasteiger partial charge on any atom is -0.129 e. The topological polar surface area (TPSA) is 0 Å². The van der Waals surface area contributed by atoms with Crippen molar-refractivity contribution in [2.75, 3.05) is 0 Å². The molecule has 0 saturated carbocycles. The van der Waals surface area contributed by atoms with Crippen molar-refractivity contribution in [3.63, 3.8) is 0 Å². The number of alkyl halides is 1. The predicted octanol–water partition coefficient (Wildman–Crippen LogP) is 6.45. The third-order valence-corrected chi connectivity index (χ3v) is 11.5. The highest BCUT2D eigenvalue weighted by molar-refractivity contribution is 6.90. The number of hydrogen-bond donors (Lipinski definition) is 0. The molecule has 0 aromatic heterocycles. The molecular weight excluding hydrogens is 304 g/mol. The third-order valence-electron chi connectivity index (χ3n) is 4.84. The Morgan fingerprint density at radius 2 is 1.41 bits per heavy atom. The lowest BCUT2D eigenvalue weighted by atomic mass is 10.1. The maximum absolute atomic E-state index is 6.50. The Morgan fingerprint density at radius 3 is 1.86 bits per heavy atom. The fourth-order valence-electron chi connectivity index (χ4n) is 3.65. The fraction of sp³-hybridized carbons (Fsp3) is 0.600. The molecule has 1 aromatic rings. The summed E-state index contributed by atoms with van der Waals surface area (Å²) in [4.78, 5) is 0. The molecule has 122 valence electrons. The SMILES string of the molecule is CC(C)[Si](C#CC(Cl)CCc1ccccc1)(C(C)C)C(C)C. The summed E-state index contributed by atoms with van der Waals surface area (Å²) in [6.07, 6.45) is 1.93. The van der Waals surface area contributed by atoms with Crippen molar-refractivity contribution in [3.05, 3.63) is 35.9 Å². The summed E-state index contributed by atoms with van der Waals surface area (Å²) in [5, 5.41) is -0.0386. The van der Waals surface area contributed by atoms with Crippen LogP contribution in [0, 0.1) is 11.5 Å². The average Bonchev–Trinajstić information content (AvgIpc) is 2.45. The summed E-state index contributed by atoms with van der Waals surface area (Å²) in [6.45, 7) is 14.0. The molecule has 1 aromatic carbocycles. The van der Waals surface area contributed by atoms with Crippen molar-refractivity contribution >= 4 is 19.7 Å². The molecule has 0 bridgehead atoms. The normalized spacial score (nSPS) is 13.4. The lowest BCUT2D eigenvalue weighted by Gasteiger charge is -2.38. The van der Waals surface area contributed by atoms with E-state index < -0.39 is 8.07 Å². The minimum absolute atomic E-state index is 0.0386. The van der Waals surface area contributed by atoms with Crippen LogP contribution in [0.4, 0.5) is 0 Å². The lowest BCUT2D eigenvalue weighted by molar-refractivity contribution is 0.836. The molecule has 0 aliphatic carbocycles. The van der Waals surface area contributed by atoms with Crippen molar-refractivity contribution in [1.29, 1.82) is 0 Å². The zero-order chi connectivity index (χ0) is 16.8. The summed E-state index contributed by atoms with van der Waals surface area (Å²) in [5.74, 6) is 3.41. The fourth-order valence-corrected chi connectivity index (χ4v) is 9.19. The summed E-state index contributed by atoms with van der Waals surface area (Å²) in [5.41, 5.74) is 7.06. The number of halogens is 1. The van der Waals surface area contributed by atoms with E-state index in [4.69, 9.17) is 11.6 Å². The van der Waals surface area contributed by atoms with Crippen molar-refractivity contribution in [3.8, 4) is 11.5 Å². The Labute approximate surface area is 143 Å². The molecular formula is C20H31ClSi. The van der Waals surface area contributed by atoms with E-state index in [1.165, 1.54) is 5.56 Å². The van der Waals surface area contributed by atoms with Crippen LogP contribution in [0.1, 0.15) is 53.5 Å². The lowest BCUT2D eigenvalue weighted by Crippen LogP contribution is -2.43. The standard InChI is InChI=1S/C20H31ClSi/c1-16(2)22(17(3)4,18(5)6)15-14-20(21)13-12-19-10-8-7-9-11-19/h7-11,16-18,20H,12-13H2,1-6H3. The van der Waals surface area contributed by atoms with Gasteiger partial charge in [0.25, 0.3) is 0 Å². The smallest absolute Gasteiger partial charge is 0.129 e. The molecule has 1 rings (SSSR count). The van der Waals surface area contributed by atoms with Crippen molar-refractivity contribution in [2.24, 2.45) is 0 Å². The van der Waals surface area contributed by atoms with Gasteiger partial charge in [-0.2, -0.15) is 0 Å². The van der Waals surface area contributed by atoms with Crippen LogP contribution >= 0.6 is 11.6 Å². The van der Waals surface area contributed by atoms with Gasteiger partial charge in [-0.1, -0.05) is 77.8 Å². The van der Waals surface area contributed by atoms with Gasteiger partial charge in [0.2, 0.25) is 0 Å². The summed E-state index contributed by atoms with van der Waals surface area (Å²) in [6, 6.07) is 10.5. The number of rotatable bonds is 6. The molecule has 0 radical (unpaired) electrons. The molecule has 0 spiro atoms. The van der Waals surface area contributed by atoms with Crippen LogP contribution in [0.3, 0.4) is 0 Å². The van der Waals surface area contributed by atoms with Crippen LogP contribution in [0.2, 0.25) is 16.6 Å². The van der Waals surface area contributed by atoms with Gasteiger partial charge >= 0.3 is 0 Å². The highest BCUT2D eigenvalue weighted by atomic mass is 35.5. The van der Waals surface area contributed by atoms with E-state index in [1.807, 2.05) is 0 Å². The second kappa shape index (κ2) is 8.80. The zero-order valence-electron chi connectivity index (χ0n) is 15.0. The highest BCUT2D eigenvalue weighted by Gasteiger charge is 2.41. The van der Waals surface area contributed by atoms with E-state index >= 15 is 0 Å². The monoisotopic (exact) mass is 334 g/mol. The van der Waals surface area contributed by atoms with Gasteiger partial charge in [-0.15, -0.1) is 17.1 Å². The molecule has 0 aliphatic rings. The Balaban J connectivity index is 2.80. The summed E-state index contributed by atoms with van der Waals surface area (Å²) >= 11 is 6.50. The highest BCUT2D eigenvalue weighted by Crippen LogP contribution is 2.40. The van der Waals surface area contributed by atoms with Gasteiger partial charge in [0.1, 0.15) is 8.07 Å². The number of aryl methyl sites for hydroxylation is 1. The second-order valence-corrected chi connectivity index (χ2v) is 13.3. The van der Waals surface area contributed by atoms with Gasteiger partial charge in [0.05, 0.1) is 5.38 Å². The van der Waals surface area contributed by atoms with E-state index in [0.717, 1.165) is 12.8 Å². The Morgan fingerprint density at radius 1 is 0.909 bits per heavy atom. The Kier molecular flexibility index (Phi) is 7.73. The van der Waals surface area contributed by atoms with Crippen LogP contribution in [0.15, 0.2) is 30.3 Å². The third kappa shape index (κ3) is 4.90. The minimum atomic E-state index is -1.64. The van der Waals surface area contributed by atoms with Crippen LogP contribution in [-0.4, -0.2) is 13.5 Å². The van der Waals surface area contributed by atoms with Gasteiger partial charge in [-0.3, -0.25) is 0 Å². The number of hydrogen-bond acceptors (Lipinski definition) is 0. The van der Waals surface area contributed by atoms with Crippen molar-refractivity contribution in [1.82, 2.24) is 0 Å². The first kappa shape index (κ1) is 19.3.